The number of rotatable bonds is 2. The Hall–Kier alpha value is -1.68. The van der Waals surface area contributed by atoms with Gasteiger partial charge in [0.05, 0.1) is 17.0 Å². The van der Waals surface area contributed by atoms with Crippen molar-refractivity contribution in [1.82, 2.24) is 4.98 Å². The van der Waals surface area contributed by atoms with Crippen LogP contribution in [0.1, 0.15) is 36.8 Å². The SMILES string of the molecule is CC(C)(C)c1nc(-c2ccsc2)ccc1C(=O)O. The minimum absolute atomic E-state index is 0.279. The fourth-order valence-corrected chi connectivity index (χ4v) is 2.42. The first kappa shape index (κ1) is 12.8. The summed E-state index contributed by atoms with van der Waals surface area (Å²) in [7, 11) is 0. The first-order chi connectivity index (χ1) is 8.39. The third kappa shape index (κ3) is 2.43. The average Bonchev–Trinajstić information content (AvgIpc) is 2.80. The standard InChI is InChI=1S/C14H15NO2S/c1-14(2,3)12-10(13(16)17)4-5-11(15-12)9-6-7-18-8-9/h4-8H,1-3H3,(H,16,17). The van der Waals surface area contributed by atoms with Gasteiger partial charge < -0.3 is 5.11 Å². The van der Waals surface area contributed by atoms with Crippen LogP contribution in [0.25, 0.3) is 11.3 Å². The van der Waals surface area contributed by atoms with Gasteiger partial charge in [-0.1, -0.05) is 20.8 Å². The smallest absolute Gasteiger partial charge is 0.337 e. The number of aromatic nitrogens is 1. The van der Waals surface area contributed by atoms with E-state index < -0.39 is 5.97 Å². The molecule has 0 bridgehead atoms. The van der Waals surface area contributed by atoms with Crippen LogP contribution in [0.4, 0.5) is 0 Å². The van der Waals surface area contributed by atoms with Gasteiger partial charge in [-0.3, -0.25) is 4.98 Å². The monoisotopic (exact) mass is 261 g/mol. The number of carbonyl (C=O) groups is 1. The molecule has 0 radical (unpaired) electrons. The van der Waals surface area contributed by atoms with Crippen LogP contribution in [0.2, 0.25) is 0 Å². The first-order valence-corrected chi connectivity index (χ1v) is 6.61. The van der Waals surface area contributed by atoms with E-state index in [0.29, 0.717) is 5.69 Å². The highest BCUT2D eigenvalue weighted by molar-refractivity contribution is 7.08. The molecule has 2 aromatic rings. The van der Waals surface area contributed by atoms with Gasteiger partial charge in [0, 0.05) is 16.4 Å². The van der Waals surface area contributed by atoms with E-state index >= 15 is 0 Å². The van der Waals surface area contributed by atoms with E-state index in [1.54, 1.807) is 23.5 Å². The third-order valence-corrected chi connectivity index (χ3v) is 3.34. The van der Waals surface area contributed by atoms with E-state index in [-0.39, 0.29) is 11.0 Å². The molecule has 0 atom stereocenters. The van der Waals surface area contributed by atoms with Gasteiger partial charge in [0.25, 0.3) is 0 Å². The molecule has 1 N–H and O–H groups in total. The van der Waals surface area contributed by atoms with Gasteiger partial charge in [0.15, 0.2) is 0 Å². The zero-order valence-electron chi connectivity index (χ0n) is 10.6. The lowest BCUT2D eigenvalue weighted by atomic mass is 9.88. The summed E-state index contributed by atoms with van der Waals surface area (Å²) in [5.74, 6) is -0.927. The van der Waals surface area contributed by atoms with Crippen LogP contribution >= 0.6 is 11.3 Å². The number of carboxylic acids is 1. The Morgan fingerprint density at radius 3 is 2.50 bits per heavy atom. The summed E-state index contributed by atoms with van der Waals surface area (Å²) >= 11 is 1.60. The lowest BCUT2D eigenvalue weighted by Gasteiger charge is -2.20. The molecule has 0 unspecified atom stereocenters. The molecule has 4 heteroatoms. The fourth-order valence-electron chi connectivity index (χ4n) is 1.77. The van der Waals surface area contributed by atoms with Crippen LogP contribution in [-0.4, -0.2) is 16.1 Å². The average molecular weight is 261 g/mol. The molecule has 94 valence electrons. The maximum Gasteiger partial charge on any atom is 0.337 e. The molecule has 0 aliphatic heterocycles. The highest BCUT2D eigenvalue weighted by Gasteiger charge is 2.24. The minimum atomic E-state index is -0.927. The Morgan fingerprint density at radius 1 is 1.28 bits per heavy atom. The molecule has 0 amide bonds. The topological polar surface area (TPSA) is 50.2 Å². The number of hydrogen-bond donors (Lipinski definition) is 1. The Balaban J connectivity index is 2.60. The molecule has 0 aliphatic carbocycles. The predicted octanol–water partition coefficient (Wildman–Crippen LogP) is 3.81. The maximum absolute atomic E-state index is 11.2. The second-order valence-electron chi connectivity index (χ2n) is 5.16. The van der Waals surface area contributed by atoms with E-state index in [1.165, 1.54) is 0 Å². The molecule has 0 fully saturated rings. The van der Waals surface area contributed by atoms with E-state index in [1.807, 2.05) is 37.6 Å². The molecule has 0 aliphatic rings. The quantitative estimate of drug-likeness (QED) is 0.894. The van der Waals surface area contributed by atoms with E-state index in [0.717, 1.165) is 11.3 Å². The lowest BCUT2D eigenvalue weighted by molar-refractivity contribution is 0.0693. The molecule has 2 heterocycles. The van der Waals surface area contributed by atoms with Crippen molar-refractivity contribution in [3.05, 3.63) is 40.2 Å². The minimum Gasteiger partial charge on any atom is -0.478 e. The predicted molar refractivity (Wildman–Crippen MR) is 73.2 cm³/mol. The molecule has 0 saturated heterocycles. The normalized spacial score (nSPS) is 11.5. The highest BCUT2D eigenvalue weighted by atomic mass is 32.1. The second-order valence-corrected chi connectivity index (χ2v) is 5.94. The number of aromatic carboxylic acids is 1. The van der Waals surface area contributed by atoms with E-state index in [2.05, 4.69) is 4.98 Å². The summed E-state index contributed by atoms with van der Waals surface area (Å²) < 4.78 is 0. The number of pyridine rings is 1. The highest BCUT2D eigenvalue weighted by Crippen LogP contribution is 2.28. The summed E-state index contributed by atoms with van der Waals surface area (Å²) in [6.45, 7) is 5.91. The molecule has 2 aromatic heterocycles. The Morgan fingerprint density at radius 2 is 2.00 bits per heavy atom. The molecule has 0 aromatic carbocycles. The van der Waals surface area contributed by atoms with Gasteiger partial charge in [-0.05, 0) is 23.6 Å². The van der Waals surface area contributed by atoms with E-state index in [4.69, 9.17) is 0 Å². The van der Waals surface area contributed by atoms with Gasteiger partial charge in [-0.25, -0.2) is 4.79 Å². The number of carboxylic acid groups (broad SMARTS) is 1. The molecular formula is C14H15NO2S. The van der Waals surface area contributed by atoms with Gasteiger partial charge in [0.1, 0.15) is 0 Å². The maximum atomic E-state index is 11.2. The van der Waals surface area contributed by atoms with Crippen LogP contribution in [0.15, 0.2) is 29.0 Å². The van der Waals surface area contributed by atoms with Crippen molar-refractivity contribution in [2.45, 2.75) is 26.2 Å². The molecule has 3 nitrogen and oxygen atoms in total. The second kappa shape index (κ2) is 4.53. The van der Waals surface area contributed by atoms with Crippen molar-refractivity contribution in [1.29, 1.82) is 0 Å². The lowest BCUT2D eigenvalue weighted by Crippen LogP contribution is -2.19. The van der Waals surface area contributed by atoms with Crippen LogP contribution in [0.5, 0.6) is 0 Å². The number of thiophene rings is 1. The molecule has 0 spiro atoms. The van der Waals surface area contributed by atoms with Gasteiger partial charge in [-0.2, -0.15) is 11.3 Å². The van der Waals surface area contributed by atoms with Crippen LogP contribution in [0.3, 0.4) is 0 Å². The van der Waals surface area contributed by atoms with Crippen molar-refractivity contribution >= 4 is 17.3 Å². The van der Waals surface area contributed by atoms with Crippen molar-refractivity contribution in [3.8, 4) is 11.3 Å². The van der Waals surface area contributed by atoms with Gasteiger partial charge >= 0.3 is 5.97 Å². The fraction of sp³-hybridized carbons (Fsp3) is 0.286. The summed E-state index contributed by atoms with van der Waals surface area (Å²) in [5.41, 5.74) is 2.47. The van der Waals surface area contributed by atoms with Gasteiger partial charge in [0.2, 0.25) is 0 Å². The summed E-state index contributed by atoms with van der Waals surface area (Å²) in [4.78, 5) is 15.8. The van der Waals surface area contributed by atoms with E-state index in [9.17, 15) is 9.90 Å². The van der Waals surface area contributed by atoms with Crippen LogP contribution in [0, 0.1) is 0 Å². The molecule has 0 saturated carbocycles. The van der Waals surface area contributed by atoms with Crippen molar-refractivity contribution in [2.24, 2.45) is 0 Å². The Labute approximate surface area is 110 Å². The zero-order chi connectivity index (χ0) is 13.3. The van der Waals surface area contributed by atoms with Crippen molar-refractivity contribution in [2.75, 3.05) is 0 Å². The third-order valence-electron chi connectivity index (χ3n) is 2.65. The summed E-state index contributed by atoms with van der Waals surface area (Å²) in [5, 5.41) is 13.2. The van der Waals surface area contributed by atoms with Crippen molar-refractivity contribution in [3.63, 3.8) is 0 Å². The van der Waals surface area contributed by atoms with Crippen molar-refractivity contribution < 1.29 is 9.90 Å². The molecule has 2 rings (SSSR count). The first-order valence-electron chi connectivity index (χ1n) is 5.67. The molecule has 18 heavy (non-hydrogen) atoms. The summed E-state index contributed by atoms with van der Waals surface area (Å²) in [6, 6.07) is 5.39. The molecular weight excluding hydrogens is 246 g/mol. The Bertz CT molecular complexity index is 568. The number of nitrogens with zero attached hydrogens (tertiary/aromatic N) is 1. The van der Waals surface area contributed by atoms with Crippen LogP contribution in [-0.2, 0) is 5.41 Å². The Kier molecular flexibility index (Phi) is 3.22. The van der Waals surface area contributed by atoms with Gasteiger partial charge in [-0.15, -0.1) is 0 Å². The van der Waals surface area contributed by atoms with Crippen LogP contribution < -0.4 is 0 Å². The number of hydrogen-bond acceptors (Lipinski definition) is 3. The largest absolute Gasteiger partial charge is 0.478 e. The zero-order valence-corrected chi connectivity index (χ0v) is 11.4. The summed E-state index contributed by atoms with van der Waals surface area (Å²) in [6.07, 6.45) is 0.